The third kappa shape index (κ3) is 4.74. The zero-order valence-corrected chi connectivity index (χ0v) is 19.8. The van der Waals surface area contributed by atoms with Crippen molar-refractivity contribution in [1.82, 2.24) is 15.2 Å². The van der Waals surface area contributed by atoms with E-state index in [1.165, 1.54) is 11.8 Å². The van der Waals surface area contributed by atoms with Crippen molar-refractivity contribution >= 4 is 34.7 Å². The number of nitrogens with zero attached hydrogens (tertiary/aromatic N) is 4. The Morgan fingerprint density at radius 2 is 1.73 bits per heavy atom. The third-order valence-electron chi connectivity index (χ3n) is 5.33. The second-order valence-electron chi connectivity index (χ2n) is 7.84. The lowest BCUT2D eigenvalue weighted by Crippen LogP contribution is -2.17. The Balaban J connectivity index is 1.46. The van der Waals surface area contributed by atoms with Crippen LogP contribution in [-0.2, 0) is 5.75 Å². The Bertz CT molecular complexity index is 1260. The van der Waals surface area contributed by atoms with Crippen LogP contribution in [0.3, 0.4) is 0 Å². The van der Waals surface area contributed by atoms with Gasteiger partial charge in [-0.3, -0.25) is 0 Å². The van der Waals surface area contributed by atoms with Crippen molar-refractivity contribution in [2.45, 2.75) is 17.1 Å². The van der Waals surface area contributed by atoms with Crippen molar-refractivity contribution in [3.8, 4) is 17.1 Å². The minimum Gasteiger partial charge on any atom is -0.448 e. The number of halogens is 1. The molecule has 0 saturated heterocycles. The van der Waals surface area contributed by atoms with Crippen LogP contribution in [0.4, 0.5) is 11.4 Å². The molecule has 1 N–H and O–H groups in total. The molecule has 0 saturated carbocycles. The summed E-state index contributed by atoms with van der Waals surface area (Å²) in [5.41, 5.74) is 5.72. The number of nitrogens with one attached hydrogen (secondary N) is 1. The minimum absolute atomic E-state index is 0.408. The molecule has 3 aromatic carbocycles. The molecule has 1 aliphatic rings. The van der Waals surface area contributed by atoms with Gasteiger partial charge in [0.25, 0.3) is 0 Å². The first-order valence-electron chi connectivity index (χ1n) is 10.5. The topological polar surface area (TPSA) is 63.2 Å². The standard InChI is InChI=1S/C25H22ClN5OS/c1-31(2)19-13-9-17(10-14-19)23-27-21-6-4-3-5-20(21)22-24(32-23)28-25(30-29-22)33-15-16-7-11-18(26)12-8-16/h3-14,23,27H,15H2,1-2H3/t23-/m1/s1. The predicted molar refractivity (Wildman–Crippen MR) is 134 cm³/mol. The fourth-order valence-electron chi connectivity index (χ4n) is 3.54. The molecule has 0 spiro atoms. The van der Waals surface area contributed by atoms with Crippen LogP contribution in [0.15, 0.2) is 78.0 Å². The first kappa shape index (κ1) is 21.6. The summed E-state index contributed by atoms with van der Waals surface area (Å²) in [4.78, 5) is 6.79. The normalized spacial score (nSPS) is 14.3. The molecule has 33 heavy (non-hydrogen) atoms. The minimum atomic E-state index is -0.408. The van der Waals surface area contributed by atoms with Crippen LogP contribution >= 0.6 is 23.4 Å². The van der Waals surface area contributed by atoms with Crippen molar-refractivity contribution in [2.75, 3.05) is 24.3 Å². The van der Waals surface area contributed by atoms with E-state index in [0.29, 0.717) is 22.5 Å². The molecule has 0 radical (unpaired) electrons. The molecule has 2 heterocycles. The van der Waals surface area contributed by atoms with E-state index in [4.69, 9.17) is 21.3 Å². The van der Waals surface area contributed by atoms with E-state index < -0.39 is 6.23 Å². The molecule has 1 aromatic heterocycles. The number of hydrogen-bond donors (Lipinski definition) is 1. The molecule has 0 aliphatic carbocycles. The van der Waals surface area contributed by atoms with Gasteiger partial charge in [-0.1, -0.05) is 65.8 Å². The maximum absolute atomic E-state index is 6.37. The molecule has 0 amide bonds. The quantitative estimate of drug-likeness (QED) is 0.352. The average molecular weight is 476 g/mol. The smallest absolute Gasteiger partial charge is 0.247 e. The molecule has 8 heteroatoms. The summed E-state index contributed by atoms with van der Waals surface area (Å²) in [6.07, 6.45) is -0.408. The molecular formula is C25H22ClN5OS. The Morgan fingerprint density at radius 1 is 0.970 bits per heavy atom. The van der Waals surface area contributed by atoms with Crippen LogP contribution in [0.5, 0.6) is 5.88 Å². The summed E-state index contributed by atoms with van der Waals surface area (Å²) in [6, 6.07) is 24.0. The van der Waals surface area contributed by atoms with Crippen LogP contribution in [0, 0.1) is 0 Å². The SMILES string of the molecule is CN(C)c1ccc([C@@H]2Nc3ccccc3-c3nnc(SCc4ccc(Cl)cc4)nc3O2)cc1. The van der Waals surface area contributed by atoms with Crippen molar-refractivity contribution < 1.29 is 4.74 Å². The zero-order chi connectivity index (χ0) is 22.8. The number of anilines is 2. The van der Waals surface area contributed by atoms with Crippen molar-refractivity contribution in [2.24, 2.45) is 0 Å². The summed E-state index contributed by atoms with van der Waals surface area (Å²) < 4.78 is 6.37. The molecule has 6 nitrogen and oxygen atoms in total. The van der Waals surface area contributed by atoms with Gasteiger partial charge in [-0.15, -0.1) is 10.2 Å². The Kier molecular flexibility index (Phi) is 6.07. The summed E-state index contributed by atoms with van der Waals surface area (Å²) in [5.74, 6) is 1.17. The summed E-state index contributed by atoms with van der Waals surface area (Å²) in [7, 11) is 4.04. The predicted octanol–water partition coefficient (Wildman–Crippen LogP) is 6.05. The number of rotatable bonds is 5. The number of para-hydroxylation sites is 1. The highest BCUT2D eigenvalue weighted by molar-refractivity contribution is 7.98. The van der Waals surface area contributed by atoms with Crippen molar-refractivity contribution in [1.29, 1.82) is 0 Å². The summed E-state index contributed by atoms with van der Waals surface area (Å²) in [6.45, 7) is 0. The Hall–Kier alpha value is -3.29. The number of thioether (sulfide) groups is 1. The number of fused-ring (bicyclic) bond motifs is 3. The molecular weight excluding hydrogens is 454 g/mol. The molecule has 1 aliphatic heterocycles. The lowest BCUT2D eigenvalue weighted by molar-refractivity contribution is 0.225. The molecule has 5 rings (SSSR count). The summed E-state index contributed by atoms with van der Waals surface area (Å²) >= 11 is 7.50. The van der Waals surface area contributed by atoms with E-state index in [2.05, 4.69) is 44.7 Å². The first-order chi connectivity index (χ1) is 16.1. The van der Waals surface area contributed by atoms with Gasteiger partial charge >= 0.3 is 0 Å². The van der Waals surface area contributed by atoms with Crippen molar-refractivity contribution in [3.05, 3.63) is 88.9 Å². The van der Waals surface area contributed by atoms with Crippen LogP contribution in [-0.4, -0.2) is 29.3 Å². The highest BCUT2D eigenvalue weighted by Gasteiger charge is 2.26. The lowest BCUT2D eigenvalue weighted by Gasteiger charge is -2.20. The van der Waals surface area contributed by atoms with E-state index in [0.717, 1.165) is 33.1 Å². The van der Waals surface area contributed by atoms with Gasteiger partial charge in [0, 0.05) is 47.4 Å². The highest BCUT2D eigenvalue weighted by Crippen LogP contribution is 2.39. The molecule has 4 aromatic rings. The second kappa shape index (κ2) is 9.29. The number of ether oxygens (including phenoxy) is 1. The first-order valence-corrected chi connectivity index (χ1v) is 11.8. The second-order valence-corrected chi connectivity index (χ2v) is 9.22. The van der Waals surface area contributed by atoms with Crippen LogP contribution in [0.1, 0.15) is 17.4 Å². The van der Waals surface area contributed by atoms with E-state index in [1.807, 2.05) is 62.6 Å². The molecule has 0 fully saturated rings. The van der Waals surface area contributed by atoms with Gasteiger partial charge in [0.05, 0.1) is 0 Å². The molecule has 1 atom stereocenters. The molecule has 166 valence electrons. The molecule has 0 bridgehead atoms. The largest absolute Gasteiger partial charge is 0.448 e. The van der Waals surface area contributed by atoms with E-state index in [-0.39, 0.29) is 0 Å². The maximum atomic E-state index is 6.37. The molecule has 0 unspecified atom stereocenters. The third-order valence-corrected chi connectivity index (χ3v) is 6.49. The Morgan fingerprint density at radius 3 is 2.48 bits per heavy atom. The lowest BCUT2D eigenvalue weighted by atomic mass is 10.1. The van der Waals surface area contributed by atoms with Gasteiger partial charge < -0.3 is 15.0 Å². The van der Waals surface area contributed by atoms with E-state index >= 15 is 0 Å². The van der Waals surface area contributed by atoms with Crippen LogP contribution < -0.4 is 15.0 Å². The fourth-order valence-corrected chi connectivity index (χ4v) is 4.40. The van der Waals surface area contributed by atoms with Crippen LogP contribution in [0.2, 0.25) is 5.02 Å². The van der Waals surface area contributed by atoms with Gasteiger partial charge in [-0.05, 0) is 35.9 Å². The van der Waals surface area contributed by atoms with Gasteiger partial charge in [0.1, 0.15) is 0 Å². The highest BCUT2D eigenvalue weighted by atomic mass is 35.5. The number of hydrogen-bond acceptors (Lipinski definition) is 7. The maximum Gasteiger partial charge on any atom is 0.247 e. The van der Waals surface area contributed by atoms with E-state index in [1.54, 1.807) is 0 Å². The van der Waals surface area contributed by atoms with Crippen molar-refractivity contribution in [3.63, 3.8) is 0 Å². The van der Waals surface area contributed by atoms with Gasteiger partial charge in [-0.2, -0.15) is 4.98 Å². The number of aromatic nitrogens is 3. The average Bonchev–Trinajstić information content (AvgIpc) is 3.00. The van der Waals surface area contributed by atoms with E-state index in [9.17, 15) is 0 Å². The summed E-state index contributed by atoms with van der Waals surface area (Å²) in [5, 5.41) is 13.6. The van der Waals surface area contributed by atoms with Gasteiger partial charge in [-0.25, -0.2) is 0 Å². The van der Waals surface area contributed by atoms with Gasteiger partial charge in [0.2, 0.25) is 11.0 Å². The van der Waals surface area contributed by atoms with Gasteiger partial charge in [0.15, 0.2) is 11.9 Å². The number of benzene rings is 3. The van der Waals surface area contributed by atoms with Crippen LogP contribution in [0.25, 0.3) is 11.3 Å². The zero-order valence-electron chi connectivity index (χ0n) is 18.2. The monoisotopic (exact) mass is 475 g/mol. The Labute approximate surface area is 202 Å². The fraction of sp³-hybridized carbons (Fsp3) is 0.160.